The summed E-state index contributed by atoms with van der Waals surface area (Å²) in [6, 6.07) is 3.70. The maximum atomic E-state index is 12.4. The van der Waals surface area contributed by atoms with Crippen molar-refractivity contribution in [3.63, 3.8) is 0 Å². The summed E-state index contributed by atoms with van der Waals surface area (Å²) in [6.45, 7) is 6.84. The Morgan fingerprint density at radius 3 is 2.52 bits per heavy atom. The minimum atomic E-state index is -1.19. The van der Waals surface area contributed by atoms with E-state index in [0.717, 1.165) is 15.6 Å². The van der Waals surface area contributed by atoms with Crippen LogP contribution in [0.2, 0.25) is 0 Å². The Morgan fingerprint density at radius 1 is 1.26 bits per heavy atom. The van der Waals surface area contributed by atoms with E-state index in [1.165, 1.54) is 30.9 Å². The van der Waals surface area contributed by atoms with E-state index in [2.05, 4.69) is 26.3 Å². The molecule has 0 atom stereocenters. The number of hydrogen-bond donors (Lipinski definition) is 2. The van der Waals surface area contributed by atoms with Crippen molar-refractivity contribution in [2.45, 2.75) is 33.2 Å². The average molecular weight is 380 g/mol. The number of carboxylic acid groups (broad SMARTS) is 1. The zero-order valence-corrected chi connectivity index (χ0v) is 14.9. The van der Waals surface area contributed by atoms with Crippen LogP contribution in [-0.4, -0.2) is 26.8 Å². The maximum Gasteiger partial charge on any atom is 0.331 e. The first-order valence-corrected chi connectivity index (χ1v) is 7.79. The van der Waals surface area contributed by atoms with Gasteiger partial charge in [-0.1, -0.05) is 15.9 Å². The Hall–Kier alpha value is -2.15. The molecule has 0 fully saturated rings. The van der Waals surface area contributed by atoms with Gasteiger partial charge in [0, 0.05) is 16.2 Å². The van der Waals surface area contributed by atoms with Gasteiger partial charge in [0.15, 0.2) is 5.54 Å². The van der Waals surface area contributed by atoms with Gasteiger partial charge < -0.3 is 10.4 Å². The normalized spacial score (nSPS) is 11.3. The van der Waals surface area contributed by atoms with Crippen molar-refractivity contribution in [3.05, 3.63) is 45.7 Å². The largest absolute Gasteiger partial charge is 0.479 e. The molecule has 0 radical (unpaired) electrons. The predicted octanol–water partition coefficient (Wildman–Crippen LogP) is 3.33. The number of carboxylic acids is 1. The van der Waals surface area contributed by atoms with E-state index in [4.69, 9.17) is 0 Å². The number of nitrogens with one attached hydrogen (secondary N) is 1. The molecule has 7 heteroatoms. The van der Waals surface area contributed by atoms with Gasteiger partial charge in [0.25, 0.3) is 5.91 Å². The molecule has 0 aliphatic carbocycles. The first kappa shape index (κ1) is 17.2. The number of anilines is 1. The second-order valence-electron chi connectivity index (χ2n) is 5.91. The number of halogens is 1. The van der Waals surface area contributed by atoms with Crippen LogP contribution < -0.4 is 5.32 Å². The Bertz CT molecular complexity index is 781. The topological polar surface area (TPSA) is 84.2 Å². The van der Waals surface area contributed by atoms with Crippen LogP contribution in [-0.2, 0) is 10.3 Å². The second kappa shape index (κ2) is 6.16. The SMILES string of the molecule is Cc1cc(C(=O)Nc2cnn(C(C)(C)C(=O)O)c2)c(C)cc1Br. The van der Waals surface area contributed by atoms with E-state index < -0.39 is 11.5 Å². The number of amides is 1. The third-order valence-corrected chi connectivity index (χ3v) is 4.54. The summed E-state index contributed by atoms with van der Waals surface area (Å²) in [5, 5.41) is 16.0. The molecule has 122 valence electrons. The number of benzene rings is 1. The molecule has 23 heavy (non-hydrogen) atoms. The first-order chi connectivity index (χ1) is 10.6. The second-order valence-corrected chi connectivity index (χ2v) is 6.76. The number of rotatable bonds is 4. The van der Waals surface area contributed by atoms with Gasteiger partial charge in [-0.3, -0.25) is 9.48 Å². The number of carbonyl (C=O) groups is 2. The van der Waals surface area contributed by atoms with E-state index in [0.29, 0.717) is 11.3 Å². The quantitative estimate of drug-likeness (QED) is 0.852. The average Bonchev–Trinajstić information content (AvgIpc) is 2.91. The van der Waals surface area contributed by atoms with Crippen LogP contribution in [0.4, 0.5) is 5.69 Å². The Kier molecular flexibility index (Phi) is 4.61. The van der Waals surface area contributed by atoms with Gasteiger partial charge >= 0.3 is 5.97 Å². The number of carbonyl (C=O) groups excluding carboxylic acids is 1. The van der Waals surface area contributed by atoms with Crippen molar-refractivity contribution in [3.8, 4) is 0 Å². The summed E-state index contributed by atoms with van der Waals surface area (Å²) in [5.41, 5.74) is 1.63. The van der Waals surface area contributed by atoms with Crippen molar-refractivity contribution < 1.29 is 14.7 Å². The van der Waals surface area contributed by atoms with Crippen molar-refractivity contribution in [1.29, 1.82) is 0 Å². The lowest BCUT2D eigenvalue weighted by Crippen LogP contribution is -2.35. The van der Waals surface area contributed by atoms with E-state index in [9.17, 15) is 14.7 Å². The third-order valence-electron chi connectivity index (χ3n) is 3.69. The molecule has 0 saturated heterocycles. The Morgan fingerprint density at radius 2 is 1.91 bits per heavy atom. The minimum Gasteiger partial charge on any atom is -0.479 e. The highest BCUT2D eigenvalue weighted by Gasteiger charge is 2.30. The minimum absolute atomic E-state index is 0.259. The lowest BCUT2D eigenvalue weighted by molar-refractivity contribution is -0.146. The molecule has 2 rings (SSSR count). The summed E-state index contributed by atoms with van der Waals surface area (Å²) in [6.07, 6.45) is 2.94. The van der Waals surface area contributed by atoms with Gasteiger partial charge in [0.05, 0.1) is 11.9 Å². The number of aryl methyl sites for hydroxylation is 2. The monoisotopic (exact) mass is 379 g/mol. The number of aliphatic carboxylic acids is 1. The van der Waals surface area contributed by atoms with Gasteiger partial charge in [0.1, 0.15) is 0 Å². The standard InChI is InChI=1S/C16H18BrN3O3/c1-9-6-13(17)10(2)5-12(9)14(21)19-11-7-18-20(8-11)16(3,4)15(22)23/h5-8H,1-4H3,(H,19,21)(H,22,23). The fraction of sp³-hybridized carbons (Fsp3) is 0.312. The Labute approximate surface area is 142 Å². The van der Waals surface area contributed by atoms with Crippen LogP contribution in [0, 0.1) is 13.8 Å². The molecule has 1 heterocycles. The van der Waals surface area contributed by atoms with Crippen LogP contribution in [0.3, 0.4) is 0 Å². The van der Waals surface area contributed by atoms with Crippen LogP contribution in [0.25, 0.3) is 0 Å². The number of nitrogens with zero attached hydrogens (tertiary/aromatic N) is 2. The lowest BCUT2D eigenvalue weighted by Gasteiger charge is -2.19. The van der Waals surface area contributed by atoms with Gasteiger partial charge in [-0.2, -0.15) is 5.10 Å². The summed E-state index contributed by atoms with van der Waals surface area (Å²) < 4.78 is 2.26. The molecule has 0 spiro atoms. The van der Waals surface area contributed by atoms with E-state index >= 15 is 0 Å². The molecule has 0 aliphatic rings. The number of aromatic nitrogens is 2. The van der Waals surface area contributed by atoms with Gasteiger partial charge in [-0.25, -0.2) is 4.79 Å². The molecule has 1 aromatic heterocycles. The summed E-state index contributed by atoms with van der Waals surface area (Å²) >= 11 is 3.43. The fourth-order valence-electron chi connectivity index (χ4n) is 2.02. The van der Waals surface area contributed by atoms with Gasteiger partial charge in [-0.15, -0.1) is 0 Å². The zero-order valence-electron chi connectivity index (χ0n) is 13.3. The first-order valence-electron chi connectivity index (χ1n) is 6.99. The van der Waals surface area contributed by atoms with E-state index in [-0.39, 0.29) is 5.91 Å². The van der Waals surface area contributed by atoms with Gasteiger partial charge in [-0.05, 0) is 51.0 Å². The summed E-state index contributed by atoms with van der Waals surface area (Å²) in [4.78, 5) is 23.6. The molecular formula is C16H18BrN3O3. The summed E-state index contributed by atoms with van der Waals surface area (Å²) in [5.74, 6) is -1.26. The molecule has 0 unspecified atom stereocenters. The summed E-state index contributed by atoms with van der Waals surface area (Å²) in [7, 11) is 0. The molecule has 1 aromatic carbocycles. The Balaban J connectivity index is 2.24. The van der Waals surface area contributed by atoms with Crippen LogP contribution in [0.5, 0.6) is 0 Å². The smallest absolute Gasteiger partial charge is 0.331 e. The van der Waals surface area contributed by atoms with E-state index in [1.807, 2.05) is 19.9 Å². The van der Waals surface area contributed by atoms with Crippen LogP contribution in [0.1, 0.15) is 35.3 Å². The van der Waals surface area contributed by atoms with Crippen LogP contribution >= 0.6 is 15.9 Å². The highest BCUT2D eigenvalue weighted by atomic mass is 79.9. The van der Waals surface area contributed by atoms with Crippen molar-refractivity contribution in [2.75, 3.05) is 5.32 Å². The zero-order chi connectivity index (χ0) is 17.4. The number of hydrogen-bond acceptors (Lipinski definition) is 3. The van der Waals surface area contributed by atoms with Gasteiger partial charge in [0.2, 0.25) is 0 Å². The molecule has 2 N–H and O–H groups in total. The maximum absolute atomic E-state index is 12.4. The van der Waals surface area contributed by atoms with Crippen molar-refractivity contribution in [2.24, 2.45) is 0 Å². The third kappa shape index (κ3) is 3.44. The molecule has 0 aliphatic heterocycles. The fourth-order valence-corrected chi connectivity index (χ4v) is 2.47. The van der Waals surface area contributed by atoms with E-state index in [1.54, 1.807) is 6.07 Å². The molecule has 1 amide bonds. The highest BCUT2D eigenvalue weighted by molar-refractivity contribution is 9.10. The molecule has 0 bridgehead atoms. The predicted molar refractivity (Wildman–Crippen MR) is 90.8 cm³/mol. The molecule has 6 nitrogen and oxygen atoms in total. The highest BCUT2D eigenvalue weighted by Crippen LogP contribution is 2.22. The van der Waals surface area contributed by atoms with Crippen LogP contribution in [0.15, 0.2) is 29.0 Å². The molecular weight excluding hydrogens is 362 g/mol. The van der Waals surface area contributed by atoms with Crippen molar-refractivity contribution in [1.82, 2.24) is 9.78 Å². The molecule has 0 saturated carbocycles. The van der Waals surface area contributed by atoms with Crippen molar-refractivity contribution >= 4 is 33.5 Å². The lowest BCUT2D eigenvalue weighted by atomic mass is 10.1. The molecule has 2 aromatic rings.